The third-order valence-corrected chi connectivity index (χ3v) is 5.64. The summed E-state index contributed by atoms with van der Waals surface area (Å²) in [5.41, 5.74) is -1.45. The molecule has 0 spiro atoms. The van der Waals surface area contributed by atoms with E-state index in [1.165, 1.54) is 25.7 Å². The van der Waals surface area contributed by atoms with Gasteiger partial charge in [-0.15, -0.1) is 0 Å². The van der Waals surface area contributed by atoms with Crippen LogP contribution in [-0.4, -0.2) is 61.7 Å². The number of halogens is 1. The first-order valence-electron chi connectivity index (χ1n) is 10.1. The first kappa shape index (κ1) is 24.2. The van der Waals surface area contributed by atoms with Crippen LogP contribution in [0.4, 0.5) is 0 Å². The van der Waals surface area contributed by atoms with Crippen molar-refractivity contribution >= 4 is 15.9 Å². The number of rotatable bonds is 13. The highest BCUT2D eigenvalue weighted by Crippen LogP contribution is 2.36. The Balaban J connectivity index is 1.94. The van der Waals surface area contributed by atoms with E-state index in [4.69, 9.17) is 9.47 Å². The average molecular weight is 479 g/mol. The monoisotopic (exact) mass is 478 g/mol. The Kier molecular flexibility index (Phi) is 10.0. The Hall–Kier alpha value is -1.04. The number of H-pyrrole nitrogens is 1. The minimum atomic E-state index is -2.01. The fourth-order valence-corrected chi connectivity index (χ4v) is 3.84. The molecule has 2 rings (SSSR count). The molecular formula is C19H31BrN2O7. The molecule has 1 aliphatic rings. The van der Waals surface area contributed by atoms with E-state index < -0.39 is 42.1 Å². The molecule has 0 aromatic carbocycles. The largest absolute Gasteiger partial charge is 0.394 e. The quantitative estimate of drug-likeness (QED) is 0.243. The number of aromatic amines is 1. The summed E-state index contributed by atoms with van der Waals surface area (Å²) in [7, 11) is 0. The second kappa shape index (κ2) is 12.0. The van der Waals surface area contributed by atoms with Crippen molar-refractivity contribution < 1.29 is 24.8 Å². The Bertz CT molecular complexity index is 725. The molecule has 0 saturated carbocycles. The first-order valence-corrected chi connectivity index (χ1v) is 11.3. The van der Waals surface area contributed by atoms with Crippen molar-refractivity contribution in [3.8, 4) is 0 Å². The fraction of sp³-hybridized carbons (Fsp3) is 0.789. The number of aliphatic hydroxyl groups is 3. The number of alkyl halides is 1. The van der Waals surface area contributed by atoms with Gasteiger partial charge in [0.15, 0.2) is 6.10 Å². The van der Waals surface area contributed by atoms with Gasteiger partial charge in [0.2, 0.25) is 0 Å². The van der Waals surface area contributed by atoms with Gasteiger partial charge in [-0.2, -0.15) is 0 Å². The SMILES string of the molecule is O=c1ccn([C@]2(OCCCCCCCCCCBr)O[C@H](CO)[C@@H](O)[C@H]2O)c(=O)[nH]1. The Morgan fingerprint density at radius 1 is 1.10 bits per heavy atom. The maximum atomic E-state index is 12.3. The van der Waals surface area contributed by atoms with Crippen LogP contribution in [0.15, 0.2) is 21.9 Å². The van der Waals surface area contributed by atoms with Gasteiger partial charge in [0.05, 0.1) is 13.2 Å². The number of unbranched alkanes of at least 4 members (excludes halogenated alkanes) is 7. The molecule has 1 aliphatic heterocycles. The molecule has 2 heterocycles. The lowest BCUT2D eigenvalue weighted by molar-refractivity contribution is -0.318. The van der Waals surface area contributed by atoms with E-state index in [9.17, 15) is 24.9 Å². The third-order valence-electron chi connectivity index (χ3n) is 5.07. The molecule has 1 aromatic heterocycles. The third kappa shape index (κ3) is 6.22. The molecule has 0 aliphatic carbocycles. The van der Waals surface area contributed by atoms with Crippen molar-refractivity contribution in [3.63, 3.8) is 0 Å². The number of aliphatic hydroxyl groups excluding tert-OH is 3. The Morgan fingerprint density at radius 3 is 2.28 bits per heavy atom. The van der Waals surface area contributed by atoms with Gasteiger partial charge in [-0.1, -0.05) is 54.5 Å². The van der Waals surface area contributed by atoms with Crippen LogP contribution in [-0.2, 0) is 15.4 Å². The number of hydrogen-bond acceptors (Lipinski definition) is 7. The van der Waals surface area contributed by atoms with Crippen LogP contribution in [0, 0.1) is 0 Å². The van der Waals surface area contributed by atoms with E-state index in [1.54, 1.807) is 0 Å². The minimum absolute atomic E-state index is 0.178. The average Bonchev–Trinajstić information content (AvgIpc) is 2.95. The van der Waals surface area contributed by atoms with Gasteiger partial charge in [-0.05, 0) is 12.8 Å². The molecule has 1 aromatic rings. The molecule has 0 unspecified atom stereocenters. The predicted molar refractivity (Wildman–Crippen MR) is 110 cm³/mol. The van der Waals surface area contributed by atoms with Crippen molar-refractivity contribution in [2.75, 3.05) is 18.5 Å². The van der Waals surface area contributed by atoms with Crippen LogP contribution in [0.3, 0.4) is 0 Å². The lowest BCUT2D eigenvalue weighted by Gasteiger charge is -2.33. The van der Waals surface area contributed by atoms with Gasteiger partial charge in [-0.3, -0.25) is 9.78 Å². The summed E-state index contributed by atoms with van der Waals surface area (Å²) in [5, 5.41) is 31.1. The number of nitrogens with one attached hydrogen (secondary N) is 1. The summed E-state index contributed by atoms with van der Waals surface area (Å²) in [6.45, 7) is -0.381. The van der Waals surface area contributed by atoms with Gasteiger partial charge < -0.3 is 24.8 Å². The zero-order valence-corrected chi connectivity index (χ0v) is 18.1. The highest BCUT2D eigenvalue weighted by atomic mass is 79.9. The van der Waals surface area contributed by atoms with Gasteiger partial charge in [-0.25, -0.2) is 9.36 Å². The standard InChI is InChI=1S/C19H31BrN2O7/c20-10-7-5-3-1-2-4-6-8-12-28-19(17(26)16(25)14(13-23)29-19)22-11-9-15(24)21-18(22)27/h9,11,14,16-17,23,25-26H,1-8,10,12-13H2,(H,21,24,27)/t14-,16-,17-,19-/m1/s1. The second-order valence-corrected chi connectivity index (χ2v) is 8.04. The lowest BCUT2D eigenvalue weighted by atomic mass is 10.1. The molecule has 0 radical (unpaired) electrons. The molecule has 10 heteroatoms. The molecule has 4 atom stereocenters. The smallest absolute Gasteiger partial charge is 0.332 e. The van der Waals surface area contributed by atoms with Crippen LogP contribution in [0.5, 0.6) is 0 Å². The summed E-state index contributed by atoms with van der Waals surface area (Å²) in [5.74, 6) is -2.01. The topological polar surface area (TPSA) is 134 Å². The fourth-order valence-electron chi connectivity index (χ4n) is 3.45. The van der Waals surface area contributed by atoms with Crippen molar-refractivity contribution in [1.82, 2.24) is 9.55 Å². The van der Waals surface area contributed by atoms with Gasteiger partial charge in [0.25, 0.3) is 11.5 Å². The molecule has 9 nitrogen and oxygen atoms in total. The Labute approximate surface area is 177 Å². The minimum Gasteiger partial charge on any atom is -0.394 e. The normalized spacial score (nSPS) is 26.8. The molecule has 1 fully saturated rings. The van der Waals surface area contributed by atoms with Gasteiger partial charge in [0.1, 0.15) is 12.2 Å². The molecule has 1 saturated heterocycles. The summed E-state index contributed by atoms with van der Waals surface area (Å²) in [6.07, 6.45) is 5.58. The zero-order valence-electron chi connectivity index (χ0n) is 16.5. The van der Waals surface area contributed by atoms with E-state index in [0.29, 0.717) is 6.42 Å². The summed E-state index contributed by atoms with van der Waals surface area (Å²) in [4.78, 5) is 25.7. The van der Waals surface area contributed by atoms with Gasteiger partial charge in [0, 0.05) is 17.6 Å². The molecule has 4 N–H and O–H groups in total. The summed E-state index contributed by atoms with van der Waals surface area (Å²) in [6, 6.07) is 1.09. The summed E-state index contributed by atoms with van der Waals surface area (Å²) < 4.78 is 12.2. The van der Waals surface area contributed by atoms with E-state index in [2.05, 4.69) is 20.9 Å². The zero-order chi connectivity index (χ0) is 21.3. The van der Waals surface area contributed by atoms with Crippen LogP contribution in [0.2, 0.25) is 0 Å². The molecule has 0 amide bonds. The summed E-state index contributed by atoms with van der Waals surface area (Å²) >= 11 is 3.42. The van der Waals surface area contributed by atoms with Crippen molar-refractivity contribution in [3.05, 3.63) is 33.1 Å². The molecule has 29 heavy (non-hydrogen) atoms. The molecule has 166 valence electrons. The van der Waals surface area contributed by atoms with E-state index in [0.717, 1.165) is 41.4 Å². The van der Waals surface area contributed by atoms with E-state index >= 15 is 0 Å². The maximum absolute atomic E-state index is 12.3. The number of ether oxygens (including phenoxy) is 2. The van der Waals surface area contributed by atoms with E-state index in [-0.39, 0.29) is 6.61 Å². The van der Waals surface area contributed by atoms with Crippen LogP contribution < -0.4 is 11.2 Å². The predicted octanol–water partition coefficient (Wildman–Crippen LogP) is 0.792. The lowest BCUT2D eigenvalue weighted by Crippen LogP contribution is -2.53. The Morgan fingerprint density at radius 2 is 1.72 bits per heavy atom. The molecular weight excluding hydrogens is 448 g/mol. The first-order chi connectivity index (χ1) is 14.0. The van der Waals surface area contributed by atoms with Crippen LogP contribution >= 0.6 is 15.9 Å². The van der Waals surface area contributed by atoms with Crippen molar-refractivity contribution in [2.24, 2.45) is 0 Å². The highest BCUT2D eigenvalue weighted by Gasteiger charge is 2.57. The van der Waals surface area contributed by atoms with Crippen molar-refractivity contribution in [2.45, 2.75) is 75.6 Å². The molecule has 0 bridgehead atoms. The van der Waals surface area contributed by atoms with Gasteiger partial charge >= 0.3 is 5.69 Å². The van der Waals surface area contributed by atoms with Crippen LogP contribution in [0.25, 0.3) is 0 Å². The highest BCUT2D eigenvalue weighted by molar-refractivity contribution is 9.09. The van der Waals surface area contributed by atoms with E-state index in [1.807, 2.05) is 0 Å². The number of hydrogen-bond donors (Lipinski definition) is 4. The van der Waals surface area contributed by atoms with Crippen LogP contribution in [0.1, 0.15) is 51.4 Å². The number of aromatic nitrogens is 2. The second-order valence-electron chi connectivity index (χ2n) is 7.25. The van der Waals surface area contributed by atoms with Crippen molar-refractivity contribution in [1.29, 1.82) is 0 Å². The number of nitrogens with zero attached hydrogens (tertiary/aromatic N) is 1. The maximum Gasteiger partial charge on any atom is 0.332 e.